The van der Waals surface area contributed by atoms with Gasteiger partial charge in [-0.15, -0.1) is 5.10 Å². The molecule has 0 bridgehead atoms. The summed E-state index contributed by atoms with van der Waals surface area (Å²) < 4.78 is 1.65. The number of nitrogens with zero attached hydrogens (tertiary/aromatic N) is 2. The Morgan fingerprint density at radius 2 is 2.32 bits per heavy atom. The summed E-state index contributed by atoms with van der Waals surface area (Å²) in [6.45, 7) is 4.33. The quantitative estimate of drug-likeness (QED) is 0.805. The molecule has 1 fully saturated rings. The van der Waals surface area contributed by atoms with Crippen LogP contribution in [0.25, 0.3) is 0 Å². The summed E-state index contributed by atoms with van der Waals surface area (Å²) in [6.07, 6.45) is 3.19. The molecule has 0 aromatic carbocycles. The molecule has 1 aliphatic carbocycles. The highest BCUT2D eigenvalue weighted by atomic mass is 32.2. The first-order valence-electron chi connectivity index (χ1n) is 6.56. The number of hydrogen-bond donors (Lipinski definition) is 2. The van der Waals surface area contributed by atoms with Crippen LogP contribution >= 0.6 is 11.8 Å². The lowest BCUT2D eigenvalue weighted by Crippen LogP contribution is -2.26. The predicted octanol–water partition coefficient (Wildman–Crippen LogP) is 1.75. The fourth-order valence-electron chi connectivity index (χ4n) is 2.98. The van der Waals surface area contributed by atoms with E-state index in [4.69, 9.17) is 5.11 Å². The van der Waals surface area contributed by atoms with Gasteiger partial charge in [-0.05, 0) is 24.7 Å². The van der Waals surface area contributed by atoms with E-state index in [0.717, 1.165) is 31.0 Å². The zero-order chi connectivity index (χ0) is 14.0. The second-order valence-corrected chi connectivity index (χ2v) is 5.98. The third-order valence-electron chi connectivity index (χ3n) is 4.04. The van der Waals surface area contributed by atoms with Crippen LogP contribution in [0.2, 0.25) is 0 Å². The highest BCUT2D eigenvalue weighted by molar-refractivity contribution is 7.99. The van der Waals surface area contributed by atoms with Gasteiger partial charge in [0, 0.05) is 6.04 Å². The molecule has 0 radical (unpaired) electrons. The lowest BCUT2D eigenvalue weighted by atomic mass is 9.93. The van der Waals surface area contributed by atoms with Crippen LogP contribution < -0.4 is 5.69 Å². The largest absolute Gasteiger partial charge is 0.481 e. The minimum atomic E-state index is -0.905. The average molecular weight is 285 g/mol. The topological polar surface area (TPSA) is 88.0 Å². The van der Waals surface area contributed by atoms with Crippen molar-refractivity contribution in [3.05, 3.63) is 10.5 Å². The summed E-state index contributed by atoms with van der Waals surface area (Å²) in [5.41, 5.74) is -0.235. The molecule has 0 saturated heterocycles. The average Bonchev–Trinajstić information content (AvgIpc) is 2.90. The number of nitrogens with one attached hydrogen (secondary N) is 1. The number of carbonyl (C=O) groups is 1. The van der Waals surface area contributed by atoms with Crippen molar-refractivity contribution in [3.8, 4) is 0 Å². The van der Waals surface area contributed by atoms with E-state index in [1.54, 1.807) is 4.57 Å². The molecule has 2 N–H and O–H groups in total. The lowest BCUT2D eigenvalue weighted by molar-refractivity contribution is -0.133. The van der Waals surface area contributed by atoms with Crippen LogP contribution in [0.5, 0.6) is 0 Å². The summed E-state index contributed by atoms with van der Waals surface area (Å²) in [5, 5.41) is 15.6. The van der Waals surface area contributed by atoms with Gasteiger partial charge in [-0.1, -0.05) is 32.0 Å². The molecule has 7 heteroatoms. The maximum atomic E-state index is 11.9. The molecule has 19 heavy (non-hydrogen) atoms. The molecule has 106 valence electrons. The fourth-order valence-corrected chi connectivity index (χ4v) is 3.70. The second-order valence-electron chi connectivity index (χ2n) is 5.04. The number of carboxylic acid groups (broad SMARTS) is 1. The first-order chi connectivity index (χ1) is 9.04. The Morgan fingerprint density at radius 1 is 1.58 bits per heavy atom. The molecule has 6 nitrogen and oxygen atoms in total. The fraction of sp³-hybridized carbons (Fsp3) is 0.750. The van der Waals surface area contributed by atoms with Crippen molar-refractivity contribution in [1.82, 2.24) is 14.8 Å². The number of rotatable bonds is 5. The van der Waals surface area contributed by atoms with Gasteiger partial charge in [0.1, 0.15) is 0 Å². The monoisotopic (exact) mass is 285 g/mol. The van der Waals surface area contributed by atoms with Gasteiger partial charge in [0.2, 0.25) is 0 Å². The number of aromatic nitrogens is 3. The van der Waals surface area contributed by atoms with E-state index in [9.17, 15) is 9.59 Å². The summed E-state index contributed by atoms with van der Waals surface area (Å²) in [4.78, 5) is 22.5. The van der Waals surface area contributed by atoms with E-state index in [0.29, 0.717) is 17.0 Å². The zero-order valence-corrected chi connectivity index (χ0v) is 11.9. The Hall–Kier alpha value is -1.24. The number of thioether (sulfide) groups is 1. The third kappa shape index (κ3) is 2.86. The van der Waals surface area contributed by atoms with Crippen LogP contribution in [0.15, 0.2) is 9.95 Å². The van der Waals surface area contributed by atoms with Crippen molar-refractivity contribution in [1.29, 1.82) is 0 Å². The number of H-pyrrole nitrogens is 1. The van der Waals surface area contributed by atoms with Crippen molar-refractivity contribution in [3.63, 3.8) is 0 Å². The van der Waals surface area contributed by atoms with E-state index in [-0.39, 0.29) is 17.5 Å². The van der Waals surface area contributed by atoms with Gasteiger partial charge in [-0.2, -0.15) is 0 Å². The molecule has 1 aliphatic rings. The Balaban J connectivity index is 2.22. The summed E-state index contributed by atoms with van der Waals surface area (Å²) in [7, 11) is 0. The van der Waals surface area contributed by atoms with Gasteiger partial charge in [-0.25, -0.2) is 9.89 Å². The second kappa shape index (κ2) is 5.81. The van der Waals surface area contributed by atoms with Gasteiger partial charge in [0.25, 0.3) is 0 Å². The van der Waals surface area contributed by atoms with E-state index in [1.165, 1.54) is 0 Å². The van der Waals surface area contributed by atoms with Crippen LogP contribution in [-0.2, 0) is 4.79 Å². The molecule has 2 rings (SSSR count). The molecule has 0 amide bonds. The van der Waals surface area contributed by atoms with E-state index in [1.807, 2.05) is 0 Å². The summed E-state index contributed by atoms with van der Waals surface area (Å²) in [5.74, 6) is 0.0642. The maximum Gasteiger partial charge on any atom is 0.344 e. The van der Waals surface area contributed by atoms with Gasteiger partial charge in [-0.3, -0.25) is 9.36 Å². The smallest absolute Gasteiger partial charge is 0.344 e. The lowest BCUT2D eigenvalue weighted by Gasteiger charge is -2.21. The molecular weight excluding hydrogens is 266 g/mol. The number of aromatic amines is 1. The normalized spacial score (nSPS) is 26.7. The van der Waals surface area contributed by atoms with Crippen molar-refractivity contribution in [2.45, 2.75) is 44.3 Å². The first-order valence-corrected chi connectivity index (χ1v) is 7.54. The van der Waals surface area contributed by atoms with Crippen LogP contribution in [0.3, 0.4) is 0 Å². The molecule has 0 spiro atoms. The van der Waals surface area contributed by atoms with Gasteiger partial charge >= 0.3 is 11.7 Å². The van der Waals surface area contributed by atoms with E-state index < -0.39 is 5.97 Å². The SMILES string of the molecule is CCC1CCC(n2c(SCC(=O)O)n[nH]c2=O)C1C. The van der Waals surface area contributed by atoms with Crippen molar-refractivity contribution in [2.24, 2.45) is 11.8 Å². The Bertz CT molecular complexity index is 511. The number of aliphatic carboxylic acids is 1. The van der Waals surface area contributed by atoms with Gasteiger partial charge in [0.15, 0.2) is 5.16 Å². The van der Waals surface area contributed by atoms with Crippen molar-refractivity contribution < 1.29 is 9.90 Å². The molecule has 1 aromatic heterocycles. The minimum absolute atomic E-state index is 0.0808. The van der Waals surface area contributed by atoms with Crippen molar-refractivity contribution >= 4 is 17.7 Å². The molecular formula is C12H19N3O3S. The molecule has 1 aromatic rings. The van der Waals surface area contributed by atoms with Crippen LogP contribution in [0.4, 0.5) is 0 Å². The van der Waals surface area contributed by atoms with Gasteiger partial charge in [0.05, 0.1) is 5.75 Å². The molecule has 3 unspecified atom stereocenters. The molecule has 3 atom stereocenters. The number of hydrogen-bond acceptors (Lipinski definition) is 4. The maximum absolute atomic E-state index is 11.9. The number of carboxylic acids is 1. The van der Waals surface area contributed by atoms with E-state index in [2.05, 4.69) is 24.0 Å². The summed E-state index contributed by atoms with van der Waals surface area (Å²) in [6, 6.07) is 0.132. The van der Waals surface area contributed by atoms with E-state index >= 15 is 0 Å². The third-order valence-corrected chi connectivity index (χ3v) is 4.97. The Morgan fingerprint density at radius 3 is 2.89 bits per heavy atom. The van der Waals surface area contributed by atoms with Gasteiger partial charge < -0.3 is 5.11 Å². The minimum Gasteiger partial charge on any atom is -0.481 e. The highest BCUT2D eigenvalue weighted by Crippen LogP contribution is 2.42. The highest BCUT2D eigenvalue weighted by Gasteiger charge is 2.35. The Kier molecular flexibility index (Phi) is 4.34. The van der Waals surface area contributed by atoms with Crippen LogP contribution in [-0.4, -0.2) is 31.6 Å². The van der Waals surface area contributed by atoms with Crippen LogP contribution in [0, 0.1) is 11.8 Å². The zero-order valence-electron chi connectivity index (χ0n) is 11.1. The van der Waals surface area contributed by atoms with Crippen molar-refractivity contribution in [2.75, 3.05) is 5.75 Å². The predicted molar refractivity (Wildman–Crippen MR) is 72.4 cm³/mol. The van der Waals surface area contributed by atoms with Crippen LogP contribution in [0.1, 0.15) is 39.2 Å². The Labute approximate surface area is 115 Å². The first kappa shape index (κ1) is 14.2. The molecule has 1 heterocycles. The molecule has 1 saturated carbocycles. The standard InChI is InChI=1S/C12H19N3O3S/c1-3-8-4-5-9(7(8)2)15-11(18)13-14-12(15)19-6-10(16)17/h7-9H,3-6H2,1-2H3,(H,13,18)(H,16,17). The molecule has 0 aliphatic heterocycles. The summed E-state index contributed by atoms with van der Waals surface area (Å²) >= 11 is 1.09.